The maximum absolute atomic E-state index is 6.74. The van der Waals surface area contributed by atoms with Crippen LogP contribution in [0.4, 0.5) is 0 Å². The highest BCUT2D eigenvalue weighted by atomic mass is 14.8. The maximum atomic E-state index is 6.74. The third kappa shape index (κ3) is 3.48. The van der Waals surface area contributed by atoms with Crippen LogP contribution in [0.25, 0.3) is 0 Å². The van der Waals surface area contributed by atoms with Gasteiger partial charge >= 0.3 is 0 Å². The van der Waals surface area contributed by atoms with Crippen LogP contribution < -0.4 is 5.73 Å². The minimum atomic E-state index is 0.121. The summed E-state index contributed by atoms with van der Waals surface area (Å²) in [6.45, 7) is 11.7. The molecule has 0 heterocycles. The van der Waals surface area contributed by atoms with E-state index in [1.807, 2.05) is 0 Å². The molecule has 2 N–H and O–H groups in total. The van der Waals surface area contributed by atoms with Gasteiger partial charge in [-0.3, -0.25) is 0 Å². The zero-order chi connectivity index (χ0) is 12.3. The summed E-state index contributed by atoms with van der Waals surface area (Å²) >= 11 is 0. The number of rotatable bonds is 4. The van der Waals surface area contributed by atoms with E-state index in [2.05, 4.69) is 34.6 Å². The fourth-order valence-electron chi connectivity index (χ4n) is 3.50. The molecule has 1 fully saturated rings. The van der Waals surface area contributed by atoms with Crippen LogP contribution in [-0.4, -0.2) is 5.54 Å². The molecular formula is C15H31N. The first-order valence-corrected chi connectivity index (χ1v) is 7.14. The van der Waals surface area contributed by atoms with E-state index in [0.29, 0.717) is 0 Å². The standard InChI is InChI=1S/C15H31N/c1-11(2)8-9-15(16)10-13(5)6-7-14(15)12(3)4/h11-14H,6-10,16H2,1-5H3. The van der Waals surface area contributed by atoms with E-state index >= 15 is 0 Å². The van der Waals surface area contributed by atoms with Gasteiger partial charge in [0.15, 0.2) is 0 Å². The minimum absolute atomic E-state index is 0.121. The molecule has 96 valence electrons. The highest BCUT2D eigenvalue weighted by molar-refractivity contribution is 4.97. The second kappa shape index (κ2) is 5.53. The Balaban J connectivity index is 2.67. The highest BCUT2D eigenvalue weighted by Crippen LogP contribution is 2.42. The van der Waals surface area contributed by atoms with Crippen molar-refractivity contribution in [2.24, 2.45) is 29.4 Å². The molecule has 3 atom stereocenters. The van der Waals surface area contributed by atoms with Crippen molar-refractivity contribution in [1.29, 1.82) is 0 Å². The van der Waals surface area contributed by atoms with Gasteiger partial charge in [-0.05, 0) is 49.4 Å². The second-order valence-electron chi connectivity index (χ2n) is 6.90. The minimum Gasteiger partial charge on any atom is -0.325 e. The Labute approximate surface area is 102 Å². The first kappa shape index (κ1) is 14.0. The molecule has 0 aromatic carbocycles. The Morgan fingerprint density at radius 2 is 1.81 bits per heavy atom. The summed E-state index contributed by atoms with van der Waals surface area (Å²) in [5.74, 6) is 3.09. The summed E-state index contributed by atoms with van der Waals surface area (Å²) in [7, 11) is 0. The lowest BCUT2D eigenvalue weighted by Gasteiger charge is -2.46. The average molecular weight is 225 g/mol. The van der Waals surface area contributed by atoms with E-state index < -0.39 is 0 Å². The molecule has 1 saturated carbocycles. The van der Waals surface area contributed by atoms with Crippen molar-refractivity contribution in [3.8, 4) is 0 Å². The Bertz CT molecular complexity index is 209. The van der Waals surface area contributed by atoms with Crippen molar-refractivity contribution in [3.63, 3.8) is 0 Å². The Kier molecular flexibility index (Phi) is 4.85. The smallest absolute Gasteiger partial charge is 0.0187 e. The SMILES string of the molecule is CC(C)CCC1(N)CC(C)CCC1C(C)C. The van der Waals surface area contributed by atoms with Gasteiger partial charge in [0.25, 0.3) is 0 Å². The fraction of sp³-hybridized carbons (Fsp3) is 1.00. The van der Waals surface area contributed by atoms with E-state index in [-0.39, 0.29) is 5.54 Å². The van der Waals surface area contributed by atoms with E-state index in [1.54, 1.807) is 0 Å². The predicted octanol–water partition coefficient (Wildman–Crippen LogP) is 4.21. The van der Waals surface area contributed by atoms with Gasteiger partial charge < -0.3 is 5.73 Å². The van der Waals surface area contributed by atoms with Crippen molar-refractivity contribution in [1.82, 2.24) is 0 Å². The monoisotopic (exact) mass is 225 g/mol. The van der Waals surface area contributed by atoms with Gasteiger partial charge in [0.05, 0.1) is 0 Å². The molecule has 1 rings (SSSR count). The summed E-state index contributed by atoms with van der Waals surface area (Å²) in [5.41, 5.74) is 6.86. The molecule has 0 aromatic heterocycles. The van der Waals surface area contributed by atoms with Crippen LogP contribution in [0.15, 0.2) is 0 Å². The van der Waals surface area contributed by atoms with Crippen LogP contribution in [0.3, 0.4) is 0 Å². The first-order chi connectivity index (χ1) is 7.35. The van der Waals surface area contributed by atoms with Crippen LogP contribution in [0.1, 0.15) is 66.7 Å². The van der Waals surface area contributed by atoms with Crippen LogP contribution in [0, 0.1) is 23.7 Å². The van der Waals surface area contributed by atoms with Gasteiger partial charge in [-0.25, -0.2) is 0 Å². The molecule has 0 radical (unpaired) electrons. The maximum Gasteiger partial charge on any atom is 0.0187 e. The van der Waals surface area contributed by atoms with Crippen LogP contribution >= 0.6 is 0 Å². The van der Waals surface area contributed by atoms with Gasteiger partial charge in [-0.1, -0.05) is 41.0 Å². The first-order valence-electron chi connectivity index (χ1n) is 7.14. The molecule has 3 unspecified atom stereocenters. The van der Waals surface area contributed by atoms with Crippen molar-refractivity contribution in [3.05, 3.63) is 0 Å². The molecule has 1 nitrogen and oxygen atoms in total. The summed E-state index contributed by atoms with van der Waals surface area (Å²) in [6, 6.07) is 0. The van der Waals surface area contributed by atoms with Gasteiger partial charge in [-0.2, -0.15) is 0 Å². The summed E-state index contributed by atoms with van der Waals surface area (Å²) in [4.78, 5) is 0. The average Bonchev–Trinajstić information content (AvgIpc) is 2.14. The molecule has 16 heavy (non-hydrogen) atoms. The highest BCUT2D eigenvalue weighted by Gasteiger charge is 2.40. The molecular weight excluding hydrogens is 194 g/mol. The molecule has 0 saturated heterocycles. The lowest BCUT2D eigenvalue weighted by Crippen LogP contribution is -2.53. The molecule has 1 heteroatoms. The Morgan fingerprint density at radius 1 is 1.19 bits per heavy atom. The van der Waals surface area contributed by atoms with E-state index in [0.717, 1.165) is 23.7 Å². The van der Waals surface area contributed by atoms with E-state index in [4.69, 9.17) is 5.73 Å². The molecule has 0 amide bonds. The lowest BCUT2D eigenvalue weighted by atomic mass is 9.63. The van der Waals surface area contributed by atoms with Crippen molar-refractivity contribution >= 4 is 0 Å². The van der Waals surface area contributed by atoms with E-state index in [9.17, 15) is 0 Å². The number of hydrogen-bond donors (Lipinski definition) is 1. The van der Waals surface area contributed by atoms with Crippen molar-refractivity contribution in [2.75, 3.05) is 0 Å². The van der Waals surface area contributed by atoms with Crippen molar-refractivity contribution < 1.29 is 0 Å². The second-order valence-corrected chi connectivity index (χ2v) is 6.90. The van der Waals surface area contributed by atoms with Crippen LogP contribution in [-0.2, 0) is 0 Å². The molecule has 0 aliphatic heterocycles. The number of hydrogen-bond acceptors (Lipinski definition) is 1. The van der Waals surface area contributed by atoms with E-state index in [1.165, 1.54) is 32.1 Å². The zero-order valence-corrected chi connectivity index (χ0v) is 11.9. The van der Waals surface area contributed by atoms with Gasteiger partial charge in [0.1, 0.15) is 0 Å². The van der Waals surface area contributed by atoms with Crippen LogP contribution in [0.5, 0.6) is 0 Å². The summed E-state index contributed by atoms with van der Waals surface area (Å²) in [6.07, 6.45) is 6.46. The summed E-state index contributed by atoms with van der Waals surface area (Å²) in [5, 5.41) is 0. The summed E-state index contributed by atoms with van der Waals surface area (Å²) < 4.78 is 0. The van der Waals surface area contributed by atoms with Crippen LogP contribution in [0.2, 0.25) is 0 Å². The van der Waals surface area contributed by atoms with Crippen molar-refractivity contribution in [2.45, 2.75) is 72.3 Å². The Morgan fingerprint density at radius 3 is 2.31 bits per heavy atom. The van der Waals surface area contributed by atoms with Gasteiger partial charge in [0, 0.05) is 5.54 Å². The Hall–Kier alpha value is -0.0400. The third-order valence-electron chi connectivity index (χ3n) is 4.43. The third-order valence-corrected chi connectivity index (χ3v) is 4.43. The lowest BCUT2D eigenvalue weighted by molar-refractivity contribution is 0.0962. The van der Waals surface area contributed by atoms with Gasteiger partial charge in [0.2, 0.25) is 0 Å². The van der Waals surface area contributed by atoms with Gasteiger partial charge in [-0.15, -0.1) is 0 Å². The molecule has 0 aromatic rings. The number of nitrogens with two attached hydrogens (primary N) is 1. The topological polar surface area (TPSA) is 26.0 Å². The molecule has 1 aliphatic rings. The molecule has 0 bridgehead atoms. The molecule has 0 spiro atoms. The predicted molar refractivity (Wildman–Crippen MR) is 72.3 cm³/mol. The quantitative estimate of drug-likeness (QED) is 0.762. The normalized spacial score (nSPS) is 36.0. The zero-order valence-electron chi connectivity index (χ0n) is 11.9. The largest absolute Gasteiger partial charge is 0.325 e. The molecule has 1 aliphatic carbocycles. The fourth-order valence-corrected chi connectivity index (χ4v) is 3.50.